The van der Waals surface area contributed by atoms with Gasteiger partial charge in [-0.1, -0.05) is 57.0 Å². The van der Waals surface area contributed by atoms with Crippen LogP contribution < -0.4 is 0 Å². The highest BCUT2D eigenvalue weighted by Gasteiger charge is 2.15. The SMILES string of the molecule is CC.c1ccc(C2CCCC2)cc1. The predicted octanol–water partition coefficient (Wildman–Crippen LogP) is 4.37. The Balaban J connectivity index is 0.000000396. The summed E-state index contributed by atoms with van der Waals surface area (Å²) in [7, 11) is 0. The third-order valence-electron chi connectivity index (χ3n) is 2.63. The first kappa shape index (κ1) is 10.3. The van der Waals surface area contributed by atoms with E-state index in [0.717, 1.165) is 5.92 Å². The lowest BCUT2D eigenvalue weighted by atomic mass is 9.98. The summed E-state index contributed by atoms with van der Waals surface area (Å²) in [4.78, 5) is 0. The summed E-state index contributed by atoms with van der Waals surface area (Å²) in [6, 6.07) is 10.9. The Morgan fingerprint density at radius 2 is 1.46 bits per heavy atom. The average molecular weight is 176 g/mol. The predicted molar refractivity (Wildman–Crippen MR) is 59.0 cm³/mol. The Morgan fingerprint density at radius 1 is 0.923 bits per heavy atom. The van der Waals surface area contributed by atoms with Crippen molar-refractivity contribution in [3.05, 3.63) is 35.9 Å². The molecular weight excluding hydrogens is 156 g/mol. The lowest BCUT2D eigenvalue weighted by molar-refractivity contribution is 0.723. The van der Waals surface area contributed by atoms with E-state index in [1.165, 1.54) is 25.7 Å². The van der Waals surface area contributed by atoms with Crippen molar-refractivity contribution in [1.82, 2.24) is 0 Å². The molecule has 72 valence electrons. The van der Waals surface area contributed by atoms with Crippen molar-refractivity contribution < 1.29 is 0 Å². The Bertz CT molecular complexity index is 207. The molecule has 0 spiro atoms. The van der Waals surface area contributed by atoms with Crippen LogP contribution in [0.3, 0.4) is 0 Å². The number of hydrogen-bond donors (Lipinski definition) is 0. The Hall–Kier alpha value is -0.780. The van der Waals surface area contributed by atoms with Gasteiger partial charge < -0.3 is 0 Å². The van der Waals surface area contributed by atoms with Gasteiger partial charge in [0.2, 0.25) is 0 Å². The highest BCUT2D eigenvalue weighted by molar-refractivity contribution is 5.19. The van der Waals surface area contributed by atoms with Crippen LogP contribution in [0.25, 0.3) is 0 Å². The standard InChI is InChI=1S/C11H14.C2H6/c1-2-6-10(7-3-1)11-8-4-5-9-11;1-2/h1-3,6-7,11H,4-5,8-9H2;1-2H3. The quantitative estimate of drug-likeness (QED) is 0.596. The van der Waals surface area contributed by atoms with E-state index in [4.69, 9.17) is 0 Å². The van der Waals surface area contributed by atoms with Crippen LogP contribution >= 0.6 is 0 Å². The van der Waals surface area contributed by atoms with Gasteiger partial charge in [-0.3, -0.25) is 0 Å². The summed E-state index contributed by atoms with van der Waals surface area (Å²) in [5.74, 6) is 0.871. The molecule has 1 aliphatic rings. The Kier molecular flexibility index (Phi) is 4.59. The van der Waals surface area contributed by atoms with Crippen molar-refractivity contribution in [3.8, 4) is 0 Å². The fraction of sp³-hybridized carbons (Fsp3) is 0.538. The van der Waals surface area contributed by atoms with E-state index in [2.05, 4.69) is 30.3 Å². The smallest absolute Gasteiger partial charge is 0.0162 e. The minimum Gasteiger partial charge on any atom is -0.0683 e. The first-order valence-corrected chi connectivity index (χ1v) is 5.52. The van der Waals surface area contributed by atoms with Crippen LogP contribution in [0.5, 0.6) is 0 Å². The molecule has 2 rings (SSSR count). The van der Waals surface area contributed by atoms with E-state index in [1.807, 2.05) is 13.8 Å². The average Bonchev–Trinajstić information content (AvgIpc) is 2.75. The highest BCUT2D eigenvalue weighted by Crippen LogP contribution is 2.33. The zero-order valence-electron chi connectivity index (χ0n) is 8.79. The Labute approximate surface area is 82.0 Å². The maximum atomic E-state index is 2.26. The van der Waals surface area contributed by atoms with E-state index >= 15 is 0 Å². The molecule has 0 saturated heterocycles. The molecule has 1 aliphatic carbocycles. The van der Waals surface area contributed by atoms with Gasteiger partial charge in [0, 0.05) is 0 Å². The molecule has 0 bridgehead atoms. The molecule has 1 aromatic rings. The van der Waals surface area contributed by atoms with Crippen LogP contribution in [0.1, 0.15) is 51.0 Å². The summed E-state index contributed by atoms with van der Waals surface area (Å²) in [5, 5.41) is 0. The van der Waals surface area contributed by atoms with Crippen LogP contribution in [-0.2, 0) is 0 Å². The molecule has 0 nitrogen and oxygen atoms in total. The second-order valence-corrected chi connectivity index (χ2v) is 3.39. The third-order valence-corrected chi connectivity index (χ3v) is 2.63. The maximum Gasteiger partial charge on any atom is -0.0162 e. The second kappa shape index (κ2) is 5.80. The molecule has 1 fully saturated rings. The molecule has 0 unspecified atom stereocenters. The van der Waals surface area contributed by atoms with Gasteiger partial charge in [0.15, 0.2) is 0 Å². The van der Waals surface area contributed by atoms with Gasteiger partial charge in [0.1, 0.15) is 0 Å². The number of rotatable bonds is 1. The van der Waals surface area contributed by atoms with Crippen molar-refractivity contribution in [1.29, 1.82) is 0 Å². The van der Waals surface area contributed by atoms with Crippen LogP contribution in [0.4, 0.5) is 0 Å². The topological polar surface area (TPSA) is 0 Å². The van der Waals surface area contributed by atoms with Gasteiger partial charge in [-0.2, -0.15) is 0 Å². The summed E-state index contributed by atoms with van der Waals surface area (Å²) < 4.78 is 0. The maximum absolute atomic E-state index is 2.26. The van der Waals surface area contributed by atoms with Gasteiger partial charge in [-0.05, 0) is 24.3 Å². The minimum atomic E-state index is 0.871. The van der Waals surface area contributed by atoms with E-state index < -0.39 is 0 Å². The molecule has 0 heterocycles. The fourth-order valence-corrected chi connectivity index (χ4v) is 1.98. The van der Waals surface area contributed by atoms with Crippen molar-refractivity contribution in [2.24, 2.45) is 0 Å². The summed E-state index contributed by atoms with van der Waals surface area (Å²) in [6.45, 7) is 4.00. The molecule has 0 atom stereocenters. The molecule has 0 N–H and O–H groups in total. The molecule has 0 aliphatic heterocycles. The molecule has 1 saturated carbocycles. The summed E-state index contributed by atoms with van der Waals surface area (Å²) in [6.07, 6.45) is 5.67. The molecule has 1 aromatic carbocycles. The van der Waals surface area contributed by atoms with Gasteiger partial charge >= 0.3 is 0 Å². The van der Waals surface area contributed by atoms with Gasteiger partial charge in [-0.15, -0.1) is 0 Å². The van der Waals surface area contributed by atoms with Crippen molar-refractivity contribution >= 4 is 0 Å². The first-order valence-electron chi connectivity index (χ1n) is 5.52. The lowest BCUT2D eigenvalue weighted by Crippen LogP contribution is -1.89. The van der Waals surface area contributed by atoms with Crippen LogP contribution in [0, 0.1) is 0 Å². The third kappa shape index (κ3) is 2.87. The zero-order chi connectivity index (χ0) is 9.52. The van der Waals surface area contributed by atoms with Crippen LogP contribution in [-0.4, -0.2) is 0 Å². The summed E-state index contributed by atoms with van der Waals surface area (Å²) in [5.41, 5.74) is 1.55. The molecule has 0 heteroatoms. The molecule has 13 heavy (non-hydrogen) atoms. The van der Waals surface area contributed by atoms with Crippen molar-refractivity contribution in [2.75, 3.05) is 0 Å². The van der Waals surface area contributed by atoms with E-state index in [1.54, 1.807) is 5.56 Å². The minimum absolute atomic E-state index is 0.871. The van der Waals surface area contributed by atoms with E-state index in [-0.39, 0.29) is 0 Å². The van der Waals surface area contributed by atoms with Crippen LogP contribution in [0.15, 0.2) is 30.3 Å². The van der Waals surface area contributed by atoms with Gasteiger partial charge in [0.05, 0.1) is 0 Å². The van der Waals surface area contributed by atoms with E-state index in [9.17, 15) is 0 Å². The second-order valence-electron chi connectivity index (χ2n) is 3.39. The normalized spacial score (nSPS) is 16.5. The Morgan fingerprint density at radius 3 is 2.00 bits per heavy atom. The highest BCUT2D eigenvalue weighted by atomic mass is 14.2. The summed E-state index contributed by atoms with van der Waals surface area (Å²) >= 11 is 0. The molecule has 0 aromatic heterocycles. The van der Waals surface area contributed by atoms with Gasteiger partial charge in [-0.25, -0.2) is 0 Å². The molecular formula is C13H20. The van der Waals surface area contributed by atoms with Gasteiger partial charge in [0.25, 0.3) is 0 Å². The zero-order valence-corrected chi connectivity index (χ0v) is 8.79. The lowest BCUT2D eigenvalue weighted by Gasteiger charge is -2.07. The number of hydrogen-bond acceptors (Lipinski definition) is 0. The van der Waals surface area contributed by atoms with E-state index in [0.29, 0.717) is 0 Å². The monoisotopic (exact) mass is 176 g/mol. The largest absolute Gasteiger partial charge is 0.0683 e. The number of benzene rings is 1. The van der Waals surface area contributed by atoms with Crippen LogP contribution in [0.2, 0.25) is 0 Å². The molecule has 0 amide bonds. The van der Waals surface area contributed by atoms with Crippen molar-refractivity contribution in [3.63, 3.8) is 0 Å². The first-order chi connectivity index (χ1) is 6.47. The molecule has 0 radical (unpaired) electrons. The fourth-order valence-electron chi connectivity index (χ4n) is 1.98. The van der Waals surface area contributed by atoms with Crippen molar-refractivity contribution in [2.45, 2.75) is 45.4 Å².